The van der Waals surface area contributed by atoms with Gasteiger partial charge >= 0.3 is 0 Å². The summed E-state index contributed by atoms with van der Waals surface area (Å²) in [6.07, 6.45) is 3.45. The van der Waals surface area contributed by atoms with E-state index in [1.165, 1.54) is 37.1 Å². The lowest BCUT2D eigenvalue weighted by atomic mass is 9.98. The highest BCUT2D eigenvalue weighted by Crippen LogP contribution is 2.32. The number of fused-ring (bicyclic) bond motifs is 1. The highest BCUT2D eigenvalue weighted by atomic mass is 127. The van der Waals surface area contributed by atoms with Gasteiger partial charge in [-0.25, -0.2) is 4.99 Å². The summed E-state index contributed by atoms with van der Waals surface area (Å²) in [6.45, 7) is 7.57. The van der Waals surface area contributed by atoms with Crippen molar-refractivity contribution in [2.45, 2.75) is 39.3 Å². The van der Waals surface area contributed by atoms with Gasteiger partial charge in [-0.15, -0.1) is 24.0 Å². The van der Waals surface area contributed by atoms with E-state index < -0.39 is 0 Å². The third-order valence-corrected chi connectivity index (χ3v) is 5.83. The van der Waals surface area contributed by atoms with Gasteiger partial charge in [0.1, 0.15) is 0 Å². The zero-order chi connectivity index (χ0) is 20.8. The molecule has 1 fully saturated rings. The van der Waals surface area contributed by atoms with Crippen LogP contribution < -0.4 is 20.5 Å². The van der Waals surface area contributed by atoms with Gasteiger partial charge < -0.3 is 20.5 Å². The standard InChI is InChI=1S/C24H32N4O2.HI/c1-18-9-11-28(12-10-18)17-20-6-3-2-5-19(20)16-26-24(25)27-21-7-8-22-23(15-21)30-14-4-13-29-22;/h2-3,5-8,15,18H,4,9-14,16-17H2,1H3,(H3,25,26,27);1H. The summed E-state index contributed by atoms with van der Waals surface area (Å²) in [5.41, 5.74) is 9.56. The first kappa shape index (κ1) is 23.7. The molecule has 2 aliphatic heterocycles. The molecule has 168 valence electrons. The number of likely N-dealkylation sites (tertiary alicyclic amines) is 1. The minimum absolute atomic E-state index is 0. The van der Waals surface area contributed by atoms with Crippen molar-refractivity contribution in [3.63, 3.8) is 0 Å². The Morgan fingerprint density at radius 3 is 2.55 bits per heavy atom. The fraction of sp³-hybridized carbons (Fsp3) is 0.458. The number of nitrogens with two attached hydrogens (primary N) is 1. The van der Waals surface area contributed by atoms with Crippen molar-refractivity contribution >= 4 is 35.6 Å². The average molecular weight is 536 g/mol. The van der Waals surface area contributed by atoms with E-state index in [0.717, 1.165) is 36.1 Å². The molecular formula is C24H33IN4O2. The van der Waals surface area contributed by atoms with E-state index in [2.05, 4.69) is 46.4 Å². The number of guanidine groups is 1. The number of halogens is 1. The molecule has 0 bridgehead atoms. The Kier molecular flexibility index (Phi) is 8.83. The van der Waals surface area contributed by atoms with Gasteiger partial charge in [0.25, 0.3) is 0 Å². The molecule has 2 aromatic rings. The maximum absolute atomic E-state index is 6.17. The van der Waals surface area contributed by atoms with Crippen LogP contribution in [-0.4, -0.2) is 37.2 Å². The Labute approximate surface area is 202 Å². The van der Waals surface area contributed by atoms with Crippen LogP contribution in [0.3, 0.4) is 0 Å². The molecule has 0 amide bonds. The number of benzene rings is 2. The molecule has 0 atom stereocenters. The molecule has 31 heavy (non-hydrogen) atoms. The van der Waals surface area contributed by atoms with Crippen LogP contribution in [0.25, 0.3) is 0 Å². The summed E-state index contributed by atoms with van der Waals surface area (Å²) in [7, 11) is 0. The van der Waals surface area contributed by atoms with E-state index in [1.807, 2.05) is 18.2 Å². The number of aliphatic imine (C=N–C) groups is 1. The van der Waals surface area contributed by atoms with Gasteiger partial charge in [0.05, 0.1) is 19.8 Å². The smallest absolute Gasteiger partial charge is 0.193 e. The van der Waals surface area contributed by atoms with Crippen LogP contribution in [0.4, 0.5) is 5.69 Å². The van der Waals surface area contributed by atoms with Crippen LogP contribution >= 0.6 is 24.0 Å². The minimum Gasteiger partial charge on any atom is -0.490 e. The summed E-state index contributed by atoms with van der Waals surface area (Å²) >= 11 is 0. The fourth-order valence-electron chi connectivity index (χ4n) is 3.93. The predicted octanol–water partition coefficient (Wildman–Crippen LogP) is 4.62. The summed E-state index contributed by atoms with van der Waals surface area (Å²) in [4.78, 5) is 7.12. The van der Waals surface area contributed by atoms with Gasteiger partial charge in [0.15, 0.2) is 17.5 Å². The number of hydrogen-bond acceptors (Lipinski definition) is 4. The SMILES string of the molecule is CC1CCN(Cc2ccccc2CN=C(N)Nc2ccc3c(c2)OCCCO3)CC1.I. The molecule has 2 aliphatic rings. The third-order valence-electron chi connectivity index (χ3n) is 5.83. The maximum atomic E-state index is 6.17. The van der Waals surface area contributed by atoms with Gasteiger partial charge in [0, 0.05) is 24.7 Å². The second-order valence-electron chi connectivity index (χ2n) is 8.27. The molecule has 2 heterocycles. The van der Waals surface area contributed by atoms with Crippen LogP contribution in [0.5, 0.6) is 11.5 Å². The van der Waals surface area contributed by atoms with Gasteiger partial charge in [-0.2, -0.15) is 0 Å². The quantitative estimate of drug-likeness (QED) is 0.332. The first-order valence-electron chi connectivity index (χ1n) is 10.9. The number of nitrogens with zero attached hydrogens (tertiary/aromatic N) is 2. The Hall–Kier alpha value is -2.00. The fourth-order valence-corrected chi connectivity index (χ4v) is 3.93. The zero-order valence-electron chi connectivity index (χ0n) is 18.2. The second-order valence-corrected chi connectivity index (χ2v) is 8.27. The second kappa shape index (κ2) is 11.6. The highest BCUT2D eigenvalue weighted by molar-refractivity contribution is 14.0. The number of nitrogens with one attached hydrogen (secondary N) is 1. The third kappa shape index (κ3) is 6.74. The Balaban J connectivity index is 0.00000272. The highest BCUT2D eigenvalue weighted by Gasteiger charge is 2.16. The molecule has 0 aromatic heterocycles. The molecule has 0 unspecified atom stereocenters. The van der Waals surface area contributed by atoms with Crippen LogP contribution in [-0.2, 0) is 13.1 Å². The molecule has 6 nitrogen and oxygen atoms in total. The van der Waals surface area contributed by atoms with Crippen molar-refractivity contribution < 1.29 is 9.47 Å². The molecule has 1 saturated heterocycles. The Morgan fingerprint density at radius 2 is 1.77 bits per heavy atom. The molecule has 0 aliphatic carbocycles. The van der Waals surface area contributed by atoms with E-state index in [0.29, 0.717) is 25.7 Å². The lowest BCUT2D eigenvalue weighted by molar-refractivity contribution is 0.185. The molecule has 3 N–H and O–H groups in total. The normalized spacial score (nSPS) is 17.5. The zero-order valence-corrected chi connectivity index (χ0v) is 20.5. The van der Waals surface area contributed by atoms with Gasteiger partial charge in [-0.05, 0) is 55.1 Å². The van der Waals surface area contributed by atoms with Crippen molar-refractivity contribution in [3.05, 3.63) is 53.6 Å². The maximum Gasteiger partial charge on any atom is 0.193 e. The predicted molar refractivity (Wildman–Crippen MR) is 137 cm³/mol. The summed E-state index contributed by atoms with van der Waals surface area (Å²) < 4.78 is 11.4. The van der Waals surface area contributed by atoms with Gasteiger partial charge in [-0.3, -0.25) is 4.90 Å². The average Bonchev–Trinajstić information content (AvgIpc) is 3.00. The van der Waals surface area contributed by atoms with Crippen molar-refractivity contribution in [1.29, 1.82) is 0 Å². The number of rotatable bonds is 5. The molecular weight excluding hydrogens is 503 g/mol. The monoisotopic (exact) mass is 536 g/mol. The van der Waals surface area contributed by atoms with E-state index in [-0.39, 0.29) is 24.0 Å². The van der Waals surface area contributed by atoms with Crippen LogP contribution in [0.2, 0.25) is 0 Å². The van der Waals surface area contributed by atoms with E-state index >= 15 is 0 Å². The first-order valence-corrected chi connectivity index (χ1v) is 10.9. The van der Waals surface area contributed by atoms with Crippen LogP contribution in [0, 0.1) is 5.92 Å². The van der Waals surface area contributed by atoms with Gasteiger partial charge in [-0.1, -0.05) is 31.2 Å². The Bertz CT molecular complexity index is 882. The van der Waals surface area contributed by atoms with Crippen LogP contribution in [0.15, 0.2) is 47.5 Å². The van der Waals surface area contributed by atoms with E-state index in [4.69, 9.17) is 15.2 Å². The lowest BCUT2D eigenvalue weighted by Gasteiger charge is -2.30. The lowest BCUT2D eigenvalue weighted by Crippen LogP contribution is -2.32. The number of ether oxygens (including phenoxy) is 2. The Morgan fingerprint density at radius 1 is 1.06 bits per heavy atom. The summed E-state index contributed by atoms with van der Waals surface area (Å²) in [5.74, 6) is 2.75. The molecule has 0 spiro atoms. The van der Waals surface area contributed by atoms with Crippen molar-refractivity contribution in [2.24, 2.45) is 16.6 Å². The van der Waals surface area contributed by atoms with Gasteiger partial charge in [0.2, 0.25) is 0 Å². The number of piperidine rings is 1. The molecule has 0 saturated carbocycles. The first-order chi connectivity index (χ1) is 14.7. The molecule has 7 heteroatoms. The van der Waals surface area contributed by atoms with Crippen LogP contribution in [0.1, 0.15) is 37.3 Å². The molecule has 4 rings (SSSR count). The topological polar surface area (TPSA) is 72.1 Å². The largest absolute Gasteiger partial charge is 0.490 e. The number of anilines is 1. The van der Waals surface area contributed by atoms with Crippen molar-refractivity contribution in [1.82, 2.24) is 4.90 Å². The van der Waals surface area contributed by atoms with Crippen molar-refractivity contribution in [2.75, 3.05) is 31.6 Å². The molecule has 2 aromatic carbocycles. The summed E-state index contributed by atoms with van der Waals surface area (Å²) in [6, 6.07) is 14.3. The number of hydrogen-bond donors (Lipinski definition) is 2. The minimum atomic E-state index is 0. The summed E-state index contributed by atoms with van der Waals surface area (Å²) in [5, 5.41) is 3.17. The van der Waals surface area contributed by atoms with E-state index in [1.54, 1.807) is 0 Å². The molecule has 0 radical (unpaired) electrons. The van der Waals surface area contributed by atoms with E-state index in [9.17, 15) is 0 Å². The van der Waals surface area contributed by atoms with Crippen molar-refractivity contribution in [3.8, 4) is 11.5 Å².